The van der Waals surface area contributed by atoms with Crippen LogP contribution in [0.4, 0.5) is 0 Å². The molecule has 0 aliphatic carbocycles. The van der Waals surface area contributed by atoms with Gasteiger partial charge in [0, 0.05) is 13.2 Å². The molecular weight excluding hydrogens is 540 g/mol. The lowest BCUT2D eigenvalue weighted by molar-refractivity contribution is -0.169. The summed E-state index contributed by atoms with van der Waals surface area (Å²) in [6.45, 7) is 14.6. The molecule has 0 radical (unpaired) electrons. The molecule has 0 N–H and O–H groups in total. The Morgan fingerprint density at radius 2 is 0.732 bits per heavy atom. The Kier molecular flexibility index (Phi) is 32.0. The lowest BCUT2D eigenvalue weighted by atomic mass is 10.2. The molecule has 41 heavy (non-hydrogen) atoms. The van der Waals surface area contributed by atoms with Crippen molar-refractivity contribution in [1.29, 1.82) is 0 Å². The predicted octanol–water partition coefficient (Wildman–Crippen LogP) is 2.50. The highest BCUT2D eigenvalue weighted by molar-refractivity contribution is 4.53. The van der Waals surface area contributed by atoms with E-state index < -0.39 is 0 Å². The van der Waals surface area contributed by atoms with Crippen molar-refractivity contribution in [2.75, 3.05) is 145 Å². The first-order chi connectivity index (χ1) is 20.4. The number of ether oxygens (including phenoxy) is 12. The molecule has 0 bridgehead atoms. The molecular formula is C29H58O12. The Hall–Kier alpha value is -0.480. The van der Waals surface area contributed by atoms with Gasteiger partial charge in [0.25, 0.3) is 0 Å². The fourth-order valence-corrected chi connectivity index (χ4v) is 3.41. The average Bonchev–Trinajstić information content (AvgIpc) is 3.00. The summed E-state index contributed by atoms with van der Waals surface area (Å²) in [5.41, 5.74) is 0. The van der Waals surface area contributed by atoms with Gasteiger partial charge in [-0.15, -0.1) is 0 Å². The van der Waals surface area contributed by atoms with Crippen LogP contribution in [0.15, 0.2) is 0 Å². The minimum absolute atomic E-state index is 0.0617. The second-order valence-electron chi connectivity index (χ2n) is 9.14. The van der Waals surface area contributed by atoms with Gasteiger partial charge >= 0.3 is 0 Å². The maximum absolute atomic E-state index is 5.60. The smallest absolute Gasteiger partial charge is 0.157 e. The molecule has 1 heterocycles. The first kappa shape index (κ1) is 38.5. The molecule has 246 valence electrons. The van der Waals surface area contributed by atoms with Crippen molar-refractivity contribution >= 4 is 0 Å². The molecule has 0 saturated carbocycles. The van der Waals surface area contributed by atoms with Crippen molar-refractivity contribution in [3.8, 4) is 0 Å². The van der Waals surface area contributed by atoms with E-state index >= 15 is 0 Å². The second kappa shape index (κ2) is 34.0. The van der Waals surface area contributed by atoms with Crippen LogP contribution in [-0.4, -0.2) is 152 Å². The van der Waals surface area contributed by atoms with Crippen LogP contribution in [0.25, 0.3) is 0 Å². The second-order valence-corrected chi connectivity index (χ2v) is 9.14. The molecule has 1 saturated heterocycles. The van der Waals surface area contributed by atoms with Crippen molar-refractivity contribution < 1.29 is 56.8 Å². The molecule has 1 rings (SSSR count). The van der Waals surface area contributed by atoms with Crippen molar-refractivity contribution in [2.45, 2.75) is 45.3 Å². The van der Waals surface area contributed by atoms with Gasteiger partial charge in [0.2, 0.25) is 0 Å². The Morgan fingerprint density at radius 1 is 0.415 bits per heavy atom. The lowest BCUT2D eigenvalue weighted by Gasteiger charge is -2.22. The van der Waals surface area contributed by atoms with Crippen LogP contribution in [0, 0.1) is 0 Å². The third-order valence-electron chi connectivity index (χ3n) is 5.66. The molecule has 12 heteroatoms. The van der Waals surface area contributed by atoms with E-state index in [1.54, 1.807) is 0 Å². The molecule has 0 spiro atoms. The van der Waals surface area contributed by atoms with Gasteiger partial charge < -0.3 is 56.8 Å². The molecule has 1 unspecified atom stereocenters. The summed E-state index contributed by atoms with van der Waals surface area (Å²) >= 11 is 0. The van der Waals surface area contributed by atoms with E-state index in [2.05, 4.69) is 6.92 Å². The maximum atomic E-state index is 5.60. The number of rotatable bonds is 34. The quantitative estimate of drug-likeness (QED) is 0.102. The highest BCUT2D eigenvalue weighted by Gasteiger charge is 2.13. The summed E-state index contributed by atoms with van der Waals surface area (Å²) in [7, 11) is 0. The third-order valence-corrected chi connectivity index (χ3v) is 5.66. The van der Waals surface area contributed by atoms with Crippen LogP contribution in [0.2, 0.25) is 0 Å². The standard InChI is InChI=1S/C29H58O12/c1-2-3-7-30-9-10-31-11-12-32-13-14-33-15-16-34-17-18-35-19-20-36-21-22-37-23-24-38-25-26-39-27-28-41-29-6-4-5-8-40-29/h29H,2-28H2,1H3. The van der Waals surface area contributed by atoms with Gasteiger partial charge in [-0.2, -0.15) is 0 Å². The van der Waals surface area contributed by atoms with Crippen LogP contribution in [0.3, 0.4) is 0 Å². The topological polar surface area (TPSA) is 111 Å². The Balaban J connectivity index is 1.60. The van der Waals surface area contributed by atoms with E-state index in [0.717, 1.165) is 38.9 Å². The van der Waals surface area contributed by atoms with Gasteiger partial charge in [-0.1, -0.05) is 13.3 Å². The Bertz CT molecular complexity index is 483. The molecule has 1 fully saturated rings. The first-order valence-corrected chi connectivity index (χ1v) is 15.4. The van der Waals surface area contributed by atoms with Crippen LogP contribution in [-0.2, 0) is 56.8 Å². The number of hydrogen-bond acceptors (Lipinski definition) is 12. The summed E-state index contributed by atoms with van der Waals surface area (Å²) in [6, 6.07) is 0. The average molecular weight is 599 g/mol. The van der Waals surface area contributed by atoms with E-state index in [4.69, 9.17) is 56.8 Å². The molecule has 1 aliphatic heterocycles. The fraction of sp³-hybridized carbons (Fsp3) is 1.00. The van der Waals surface area contributed by atoms with E-state index in [9.17, 15) is 0 Å². The van der Waals surface area contributed by atoms with E-state index in [1.165, 1.54) is 6.42 Å². The van der Waals surface area contributed by atoms with Gasteiger partial charge in [-0.25, -0.2) is 0 Å². The monoisotopic (exact) mass is 598 g/mol. The van der Waals surface area contributed by atoms with Crippen LogP contribution >= 0.6 is 0 Å². The van der Waals surface area contributed by atoms with Crippen LogP contribution < -0.4 is 0 Å². The lowest BCUT2D eigenvalue weighted by Crippen LogP contribution is -2.24. The first-order valence-electron chi connectivity index (χ1n) is 15.4. The van der Waals surface area contributed by atoms with E-state index in [1.807, 2.05) is 0 Å². The minimum atomic E-state index is -0.0617. The van der Waals surface area contributed by atoms with Gasteiger partial charge in [0.15, 0.2) is 6.29 Å². The third kappa shape index (κ3) is 30.8. The summed E-state index contributed by atoms with van der Waals surface area (Å²) in [6.07, 6.45) is 5.45. The van der Waals surface area contributed by atoms with Crippen molar-refractivity contribution in [3.05, 3.63) is 0 Å². The summed E-state index contributed by atoms with van der Waals surface area (Å²) < 4.78 is 65.7. The SMILES string of the molecule is CCCCOCCOCCOCCOCCOCCOCCOCCOCCOCCOCCOC1CCCCO1. The minimum Gasteiger partial charge on any atom is -0.379 e. The zero-order valence-corrected chi connectivity index (χ0v) is 25.6. The molecule has 12 nitrogen and oxygen atoms in total. The fourth-order valence-electron chi connectivity index (χ4n) is 3.41. The molecule has 1 aliphatic rings. The van der Waals surface area contributed by atoms with E-state index in [-0.39, 0.29) is 6.29 Å². The van der Waals surface area contributed by atoms with Crippen molar-refractivity contribution in [2.24, 2.45) is 0 Å². The molecule has 1 atom stereocenters. The normalized spacial score (nSPS) is 15.6. The zero-order valence-electron chi connectivity index (χ0n) is 25.6. The number of hydrogen-bond donors (Lipinski definition) is 0. The largest absolute Gasteiger partial charge is 0.379 e. The van der Waals surface area contributed by atoms with Gasteiger partial charge in [-0.3, -0.25) is 0 Å². The molecule has 0 aromatic carbocycles. The summed E-state index contributed by atoms with van der Waals surface area (Å²) in [5.74, 6) is 0. The van der Waals surface area contributed by atoms with Crippen LogP contribution in [0.5, 0.6) is 0 Å². The maximum Gasteiger partial charge on any atom is 0.157 e. The van der Waals surface area contributed by atoms with Crippen molar-refractivity contribution in [3.63, 3.8) is 0 Å². The highest BCUT2D eigenvalue weighted by atomic mass is 16.7. The summed E-state index contributed by atoms with van der Waals surface area (Å²) in [5, 5.41) is 0. The zero-order chi connectivity index (χ0) is 29.2. The Morgan fingerprint density at radius 3 is 1.02 bits per heavy atom. The van der Waals surface area contributed by atoms with Gasteiger partial charge in [0.05, 0.1) is 132 Å². The highest BCUT2D eigenvalue weighted by Crippen LogP contribution is 2.13. The molecule has 0 aromatic heterocycles. The van der Waals surface area contributed by atoms with Crippen molar-refractivity contribution in [1.82, 2.24) is 0 Å². The number of unbranched alkanes of at least 4 members (excludes halogenated alkanes) is 1. The van der Waals surface area contributed by atoms with Crippen LogP contribution in [0.1, 0.15) is 39.0 Å². The molecule has 0 aromatic rings. The van der Waals surface area contributed by atoms with E-state index in [0.29, 0.717) is 132 Å². The Labute approximate surface area is 247 Å². The van der Waals surface area contributed by atoms with Gasteiger partial charge in [-0.05, 0) is 25.7 Å². The summed E-state index contributed by atoms with van der Waals surface area (Å²) in [4.78, 5) is 0. The molecule has 0 amide bonds. The van der Waals surface area contributed by atoms with Gasteiger partial charge in [0.1, 0.15) is 0 Å². The predicted molar refractivity (Wildman–Crippen MR) is 153 cm³/mol.